The summed E-state index contributed by atoms with van der Waals surface area (Å²) in [6, 6.07) is 13.3. The van der Waals surface area contributed by atoms with Crippen LogP contribution >= 0.6 is 0 Å². The lowest BCUT2D eigenvalue weighted by Crippen LogP contribution is -2.25. The molecule has 1 amide bonds. The summed E-state index contributed by atoms with van der Waals surface area (Å²) in [6.07, 6.45) is 2.03. The van der Waals surface area contributed by atoms with Crippen molar-refractivity contribution in [3.63, 3.8) is 0 Å². The van der Waals surface area contributed by atoms with Crippen molar-refractivity contribution in [3.8, 4) is 11.1 Å². The molecule has 2 rings (SSSR count). The fourth-order valence-electron chi connectivity index (χ4n) is 1.90. The molecule has 0 bridgehead atoms. The van der Waals surface area contributed by atoms with Gasteiger partial charge in [0.2, 0.25) is 0 Å². The first kappa shape index (κ1) is 14.7. The second kappa shape index (κ2) is 7.19. The second-order valence-corrected chi connectivity index (χ2v) is 4.55. The average molecular weight is 284 g/mol. The maximum Gasteiger partial charge on any atom is 0.303 e. The molecule has 0 aliphatic heterocycles. The van der Waals surface area contributed by atoms with E-state index < -0.39 is 5.97 Å². The van der Waals surface area contributed by atoms with Gasteiger partial charge in [0.05, 0.1) is 0 Å². The van der Waals surface area contributed by atoms with Gasteiger partial charge < -0.3 is 10.4 Å². The lowest BCUT2D eigenvalue weighted by atomic mass is 10.1. The summed E-state index contributed by atoms with van der Waals surface area (Å²) in [5, 5.41) is 11.2. The highest BCUT2D eigenvalue weighted by Crippen LogP contribution is 2.18. The summed E-state index contributed by atoms with van der Waals surface area (Å²) in [5.74, 6) is -1.16. The molecule has 0 aliphatic carbocycles. The number of carboxylic acid groups (broad SMARTS) is 1. The first-order chi connectivity index (χ1) is 10.2. The van der Waals surface area contributed by atoms with E-state index in [2.05, 4.69) is 10.3 Å². The maximum absolute atomic E-state index is 12.0. The van der Waals surface area contributed by atoms with Crippen LogP contribution in [0.3, 0.4) is 0 Å². The molecular weight excluding hydrogens is 268 g/mol. The summed E-state index contributed by atoms with van der Waals surface area (Å²) in [4.78, 5) is 26.4. The summed E-state index contributed by atoms with van der Waals surface area (Å²) in [7, 11) is 0. The van der Waals surface area contributed by atoms with Gasteiger partial charge in [0.15, 0.2) is 0 Å². The molecular formula is C16H16N2O3. The van der Waals surface area contributed by atoms with Crippen LogP contribution in [0.25, 0.3) is 11.1 Å². The number of carbonyl (C=O) groups is 2. The molecule has 0 atom stereocenters. The number of hydrogen-bond acceptors (Lipinski definition) is 3. The minimum Gasteiger partial charge on any atom is -0.481 e. The predicted octanol–water partition coefficient (Wildman–Crippen LogP) is 2.34. The average Bonchev–Trinajstić information content (AvgIpc) is 2.52. The Kier molecular flexibility index (Phi) is 5.04. The smallest absolute Gasteiger partial charge is 0.303 e. The highest BCUT2D eigenvalue weighted by molar-refractivity contribution is 5.93. The van der Waals surface area contributed by atoms with Gasteiger partial charge in [-0.3, -0.25) is 14.6 Å². The molecule has 0 saturated carbocycles. The van der Waals surface area contributed by atoms with Crippen molar-refractivity contribution in [1.29, 1.82) is 0 Å². The van der Waals surface area contributed by atoms with Crippen LogP contribution in [-0.4, -0.2) is 28.5 Å². The SMILES string of the molecule is O=C(O)CCCNC(=O)c1cc(-c2ccccc2)ccn1. The summed E-state index contributed by atoms with van der Waals surface area (Å²) in [6.45, 7) is 0.322. The minimum atomic E-state index is -0.867. The molecule has 0 saturated heterocycles. The number of aliphatic carboxylic acids is 1. The number of rotatable bonds is 6. The molecule has 5 nitrogen and oxygen atoms in total. The van der Waals surface area contributed by atoms with E-state index in [9.17, 15) is 9.59 Å². The number of carboxylic acids is 1. The van der Waals surface area contributed by atoms with Gasteiger partial charge in [0.1, 0.15) is 5.69 Å². The lowest BCUT2D eigenvalue weighted by molar-refractivity contribution is -0.137. The van der Waals surface area contributed by atoms with Crippen LogP contribution in [0.5, 0.6) is 0 Å². The Balaban J connectivity index is 2.00. The van der Waals surface area contributed by atoms with E-state index in [0.717, 1.165) is 11.1 Å². The number of nitrogens with zero attached hydrogens (tertiary/aromatic N) is 1. The predicted molar refractivity (Wildman–Crippen MR) is 78.9 cm³/mol. The minimum absolute atomic E-state index is 0.0394. The first-order valence-corrected chi connectivity index (χ1v) is 6.68. The Bertz CT molecular complexity index is 626. The van der Waals surface area contributed by atoms with Crippen LogP contribution in [0.4, 0.5) is 0 Å². The van der Waals surface area contributed by atoms with E-state index in [-0.39, 0.29) is 12.3 Å². The Morgan fingerprint density at radius 3 is 2.57 bits per heavy atom. The number of carbonyl (C=O) groups excluding carboxylic acids is 1. The van der Waals surface area contributed by atoms with Crippen molar-refractivity contribution in [2.24, 2.45) is 0 Å². The quantitative estimate of drug-likeness (QED) is 0.798. The van der Waals surface area contributed by atoms with Gasteiger partial charge in [-0.05, 0) is 29.7 Å². The molecule has 0 spiro atoms. The number of pyridine rings is 1. The lowest BCUT2D eigenvalue weighted by Gasteiger charge is -2.06. The van der Waals surface area contributed by atoms with Crippen molar-refractivity contribution in [2.45, 2.75) is 12.8 Å². The zero-order valence-corrected chi connectivity index (χ0v) is 11.5. The molecule has 0 radical (unpaired) electrons. The zero-order valence-electron chi connectivity index (χ0n) is 11.5. The van der Waals surface area contributed by atoms with Crippen molar-refractivity contribution in [1.82, 2.24) is 10.3 Å². The Morgan fingerprint density at radius 2 is 1.86 bits per heavy atom. The van der Waals surface area contributed by atoms with Crippen molar-refractivity contribution in [2.75, 3.05) is 6.54 Å². The third-order valence-corrected chi connectivity index (χ3v) is 2.95. The summed E-state index contributed by atoms with van der Waals surface area (Å²) >= 11 is 0. The van der Waals surface area contributed by atoms with E-state index in [1.165, 1.54) is 0 Å². The van der Waals surface area contributed by atoms with E-state index in [4.69, 9.17) is 5.11 Å². The number of nitrogens with one attached hydrogen (secondary N) is 1. The maximum atomic E-state index is 12.0. The standard InChI is InChI=1S/C16H16N2O3/c19-15(20)7-4-9-18-16(21)14-11-13(8-10-17-14)12-5-2-1-3-6-12/h1-3,5-6,8,10-11H,4,7,9H2,(H,18,21)(H,19,20). The van der Waals surface area contributed by atoms with Gasteiger partial charge in [-0.25, -0.2) is 0 Å². The fourth-order valence-corrected chi connectivity index (χ4v) is 1.90. The normalized spacial score (nSPS) is 10.1. The topological polar surface area (TPSA) is 79.3 Å². The third-order valence-electron chi connectivity index (χ3n) is 2.95. The van der Waals surface area contributed by atoms with Crippen LogP contribution < -0.4 is 5.32 Å². The van der Waals surface area contributed by atoms with Crippen LogP contribution in [0.15, 0.2) is 48.7 Å². The monoisotopic (exact) mass is 284 g/mol. The molecule has 0 fully saturated rings. The fraction of sp³-hybridized carbons (Fsp3) is 0.188. The van der Waals surface area contributed by atoms with Gasteiger partial charge in [0, 0.05) is 19.2 Å². The molecule has 2 aromatic rings. The van der Waals surface area contributed by atoms with E-state index in [1.54, 1.807) is 12.3 Å². The van der Waals surface area contributed by atoms with Crippen LogP contribution in [0.1, 0.15) is 23.3 Å². The van der Waals surface area contributed by atoms with Crippen LogP contribution in [0, 0.1) is 0 Å². The molecule has 108 valence electrons. The first-order valence-electron chi connectivity index (χ1n) is 6.68. The molecule has 1 aromatic carbocycles. The Hall–Kier alpha value is -2.69. The van der Waals surface area contributed by atoms with Crippen molar-refractivity contribution >= 4 is 11.9 Å². The van der Waals surface area contributed by atoms with Gasteiger partial charge in [-0.2, -0.15) is 0 Å². The van der Waals surface area contributed by atoms with Gasteiger partial charge in [-0.15, -0.1) is 0 Å². The van der Waals surface area contributed by atoms with E-state index in [0.29, 0.717) is 18.7 Å². The third kappa shape index (κ3) is 4.42. The molecule has 2 N–H and O–H groups in total. The van der Waals surface area contributed by atoms with Crippen LogP contribution in [0.2, 0.25) is 0 Å². The molecule has 1 aromatic heterocycles. The van der Waals surface area contributed by atoms with Gasteiger partial charge in [-0.1, -0.05) is 30.3 Å². The highest BCUT2D eigenvalue weighted by atomic mass is 16.4. The highest BCUT2D eigenvalue weighted by Gasteiger charge is 2.08. The largest absolute Gasteiger partial charge is 0.481 e. The molecule has 1 heterocycles. The van der Waals surface area contributed by atoms with Crippen molar-refractivity contribution in [3.05, 3.63) is 54.4 Å². The molecule has 5 heteroatoms. The Labute approximate surface area is 122 Å². The summed E-state index contributed by atoms with van der Waals surface area (Å²) < 4.78 is 0. The van der Waals surface area contributed by atoms with Crippen LogP contribution in [-0.2, 0) is 4.79 Å². The number of benzene rings is 1. The number of hydrogen-bond donors (Lipinski definition) is 2. The second-order valence-electron chi connectivity index (χ2n) is 4.55. The molecule has 21 heavy (non-hydrogen) atoms. The molecule has 0 aliphatic rings. The zero-order chi connectivity index (χ0) is 15.1. The van der Waals surface area contributed by atoms with Crippen molar-refractivity contribution < 1.29 is 14.7 Å². The Morgan fingerprint density at radius 1 is 1.10 bits per heavy atom. The van der Waals surface area contributed by atoms with Gasteiger partial charge >= 0.3 is 5.97 Å². The number of amides is 1. The number of aromatic nitrogens is 1. The molecule has 0 unspecified atom stereocenters. The van der Waals surface area contributed by atoms with E-state index >= 15 is 0 Å². The van der Waals surface area contributed by atoms with E-state index in [1.807, 2.05) is 36.4 Å². The summed E-state index contributed by atoms with van der Waals surface area (Å²) in [5.41, 5.74) is 2.26. The van der Waals surface area contributed by atoms with Gasteiger partial charge in [0.25, 0.3) is 5.91 Å².